The molecule has 0 spiro atoms. The van der Waals surface area contributed by atoms with Crippen molar-refractivity contribution in [2.75, 3.05) is 13.1 Å². The molecule has 6 nitrogen and oxygen atoms in total. The first kappa shape index (κ1) is 14.2. The first-order valence-electron chi connectivity index (χ1n) is 7.19. The molecule has 1 aliphatic heterocycles. The number of rotatable bonds is 6. The molecule has 3 heterocycles. The summed E-state index contributed by atoms with van der Waals surface area (Å²) in [6.45, 7) is 1.84. The summed E-state index contributed by atoms with van der Waals surface area (Å²) in [6.07, 6.45) is 4.40. The van der Waals surface area contributed by atoms with Crippen molar-refractivity contribution >= 4 is 17.2 Å². The van der Waals surface area contributed by atoms with Crippen molar-refractivity contribution < 1.29 is 4.79 Å². The van der Waals surface area contributed by atoms with Crippen molar-refractivity contribution in [2.45, 2.75) is 31.8 Å². The van der Waals surface area contributed by atoms with Crippen molar-refractivity contribution in [2.24, 2.45) is 0 Å². The lowest BCUT2D eigenvalue weighted by molar-refractivity contribution is -0.120. The van der Waals surface area contributed by atoms with Gasteiger partial charge in [-0.1, -0.05) is 0 Å². The van der Waals surface area contributed by atoms with Gasteiger partial charge in [0.1, 0.15) is 12.2 Å². The van der Waals surface area contributed by atoms with Gasteiger partial charge in [-0.15, -0.1) is 0 Å². The first-order valence-corrected chi connectivity index (χ1v) is 8.13. The molecule has 2 aromatic heterocycles. The van der Waals surface area contributed by atoms with Gasteiger partial charge in [-0.25, -0.2) is 9.67 Å². The predicted molar refractivity (Wildman–Crippen MR) is 81.2 cm³/mol. The van der Waals surface area contributed by atoms with Crippen LogP contribution >= 0.6 is 11.3 Å². The summed E-state index contributed by atoms with van der Waals surface area (Å²) in [7, 11) is 0. The van der Waals surface area contributed by atoms with E-state index in [9.17, 15) is 4.79 Å². The highest BCUT2D eigenvalue weighted by Crippen LogP contribution is 2.10. The van der Waals surface area contributed by atoms with E-state index in [0.717, 1.165) is 31.6 Å². The zero-order valence-electron chi connectivity index (χ0n) is 11.8. The zero-order valence-corrected chi connectivity index (χ0v) is 12.6. The minimum Gasteiger partial charge on any atom is -0.355 e. The molecule has 7 heteroatoms. The second-order valence-electron chi connectivity index (χ2n) is 5.21. The molecule has 21 heavy (non-hydrogen) atoms. The van der Waals surface area contributed by atoms with Crippen LogP contribution in [0.15, 0.2) is 23.2 Å². The highest BCUT2D eigenvalue weighted by Gasteiger charge is 2.19. The van der Waals surface area contributed by atoms with E-state index >= 15 is 0 Å². The van der Waals surface area contributed by atoms with E-state index in [1.165, 1.54) is 5.56 Å². The number of nitrogens with zero attached hydrogens (tertiary/aromatic N) is 3. The molecule has 0 aliphatic carbocycles. The Morgan fingerprint density at radius 3 is 3.33 bits per heavy atom. The molecule has 3 rings (SSSR count). The zero-order chi connectivity index (χ0) is 14.5. The summed E-state index contributed by atoms with van der Waals surface area (Å²) >= 11 is 1.68. The van der Waals surface area contributed by atoms with Crippen molar-refractivity contribution in [3.8, 4) is 0 Å². The number of thiophene rings is 1. The second kappa shape index (κ2) is 6.82. The molecular weight excluding hydrogens is 286 g/mol. The SMILES string of the molecule is O=C(CN[C@H]1CCc2ncnn2C1)NCCc1ccsc1. The van der Waals surface area contributed by atoms with Crippen LogP contribution in [0.4, 0.5) is 0 Å². The number of fused-ring (bicyclic) bond motifs is 1. The third-order valence-corrected chi connectivity index (χ3v) is 4.40. The van der Waals surface area contributed by atoms with Crippen LogP contribution in [-0.4, -0.2) is 39.8 Å². The summed E-state index contributed by atoms with van der Waals surface area (Å²) < 4.78 is 1.91. The van der Waals surface area contributed by atoms with Crippen LogP contribution in [0.5, 0.6) is 0 Å². The molecule has 0 unspecified atom stereocenters. The van der Waals surface area contributed by atoms with Crippen LogP contribution in [0, 0.1) is 0 Å². The third-order valence-electron chi connectivity index (χ3n) is 3.67. The molecule has 0 bridgehead atoms. The molecule has 112 valence electrons. The lowest BCUT2D eigenvalue weighted by Gasteiger charge is -2.23. The lowest BCUT2D eigenvalue weighted by Crippen LogP contribution is -2.43. The van der Waals surface area contributed by atoms with Gasteiger partial charge in [-0.05, 0) is 35.2 Å². The molecule has 0 aromatic carbocycles. The van der Waals surface area contributed by atoms with Gasteiger partial charge in [0.05, 0.1) is 13.1 Å². The van der Waals surface area contributed by atoms with Crippen molar-refractivity contribution in [1.29, 1.82) is 0 Å². The molecule has 0 saturated carbocycles. The minimum atomic E-state index is 0.0506. The smallest absolute Gasteiger partial charge is 0.233 e. The number of carbonyl (C=O) groups is 1. The average Bonchev–Trinajstić information content (AvgIpc) is 3.15. The normalized spacial score (nSPS) is 17.4. The van der Waals surface area contributed by atoms with Gasteiger partial charge in [0, 0.05) is 19.0 Å². The summed E-state index contributed by atoms with van der Waals surface area (Å²) in [5.74, 6) is 1.09. The van der Waals surface area contributed by atoms with Gasteiger partial charge in [-0.2, -0.15) is 16.4 Å². The van der Waals surface area contributed by atoms with E-state index in [0.29, 0.717) is 19.1 Å². The van der Waals surface area contributed by atoms with Crippen LogP contribution in [0.2, 0.25) is 0 Å². The van der Waals surface area contributed by atoms with Crippen LogP contribution in [-0.2, 0) is 24.2 Å². The van der Waals surface area contributed by atoms with Crippen LogP contribution in [0.3, 0.4) is 0 Å². The summed E-state index contributed by atoms with van der Waals surface area (Å²) in [6, 6.07) is 2.38. The largest absolute Gasteiger partial charge is 0.355 e. The molecular formula is C14H19N5OS. The third kappa shape index (κ3) is 3.89. The number of aryl methyl sites for hydroxylation is 1. The standard InChI is InChI=1S/C14H19N5OS/c20-14(15-5-3-11-4-6-21-9-11)7-16-12-1-2-13-17-10-18-19(13)8-12/h4,6,9-10,12,16H,1-3,5,7-8H2,(H,15,20)/t12-/m0/s1. The van der Waals surface area contributed by atoms with E-state index in [-0.39, 0.29) is 5.91 Å². The first-order chi connectivity index (χ1) is 10.3. The molecule has 0 saturated heterocycles. The Morgan fingerprint density at radius 2 is 2.48 bits per heavy atom. The molecule has 2 aromatic rings. The molecule has 1 aliphatic rings. The number of hydrogen-bond donors (Lipinski definition) is 2. The van der Waals surface area contributed by atoms with Gasteiger partial charge in [-0.3, -0.25) is 4.79 Å². The Labute approximate surface area is 127 Å². The maximum absolute atomic E-state index is 11.8. The summed E-state index contributed by atoms with van der Waals surface area (Å²) in [5, 5.41) is 14.6. The predicted octanol–water partition coefficient (Wildman–Crippen LogP) is 0.603. The van der Waals surface area contributed by atoms with Crippen LogP contribution < -0.4 is 10.6 Å². The maximum atomic E-state index is 11.8. The Kier molecular flexibility index (Phi) is 4.62. The fraction of sp³-hybridized carbons (Fsp3) is 0.500. The monoisotopic (exact) mass is 305 g/mol. The molecule has 0 radical (unpaired) electrons. The van der Waals surface area contributed by atoms with Crippen molar-refractivity contribution in [3.63, 3.8) is 0 Å². The molecule has 0 fully saturated rings. The van der Waals surface area contributed by atoms with Crippen molar-refractivity contribution in [1.82, 2.24) is 25.4 Å². The van der Waals surface area contributed by atoms with Gasteiger partial charge in [0.2, 0.25) is 5.91 Å². The Balaban J connectivity index is 1.34. The summed E-state index contributed by atoms with van der Waals surface area (Å²) in [5.41, 5.74) is 1.28. The van der Waals surface area contributed by atoms with Crippen LogP contribution in [0.1, 0.15) is 17.8 Å². The highest BCUT2D eigenvalue weighted by molar-refractivity contribution is 7.07. The van der Waals surface area contributed by atoms with Gasteiger partial charge in [0.25, 0.3) is 0 Å². The Hall–Kier alpha value is -1.73. The topological polar surface area (TPSA) is 71.8 Å². The Morgan fingerprint density at radius 1 is 1.52 bits per heavy atom. The van der Waals surface area contributed by atoms with E-state index in [1.54, 1.807) is 17.7 Å². The average molecular weight is 305 g/mol. The maximum Gasteiger partial charge on any atom is 0.233 e. The minimum absolute atomic E-state index is 0.0506. The van der Waals surface area contributed by atoms with Crippen molar-refractivity contribution in [3.05, 3.63) is 34.5 Å². The van der Waals surface area contributed by atoms with Crippen LogP contribution in [0.25, 0.3) is 0 Å². The fourth-order valence-corrected chi connectivity index (χ4v) is 3.19. The van der Waals surface area contributed by atoms with Gasteiger partial charge in [0.15, 0.2) is 0 Å². The summed E-state index contributed by atoms with van der Waals surface area (Å²) in [4.78, 5) is 16.0. The highest BCUT2D eigenvalue weighted by atomic mass is 32.1. The fourth-order valence-electron chi connectivity index (χ4n) is 2.48. The molecule has 1 amide bonds. The molecule has 1 atom stereocenters. The number of nitrogens with one attached hydrogen (secondary N) is 2. The van der Waals surface area contributed by atoms with Gasteiger partial charge >= 0.3 is 0 Å². The van der Waals surface area contributed by atoms with E-state index in [2.05, 4.69) is 37.5 Å². The van der Waals surface area contributed by atoms with Gasteiger partial charge < -0.3 is 10.6 Å². The Bertz CT molecular complexity index is 580. The van der Waals surface area contributed by atoms with E-state index in [4.69, 9.17) is 0 Å². The number of aromatic nitrogens is 3. The van der Waals surface area contributed by atoms with E-state index in [1.807, 2.05) is 4.68 Å². The molecule has 2 N–H and O–H groups in total. The number of carbonyl (C=O) groups excluding carboxylic acids is 1. The quantitative estimate of drug-likeness (QED) is 0.820. The lowest BCUT2D eigenvalue weighted by atomic mass is 10.1. The second-order valence-corrected chi connectivity index (χ2v) is 5.99. The number of amides is 1. The number of hydrogen-bond acceptors (Lipinski definition) is 5. The van der Waals surface area contributed by atoms with E-state index < -0.39 is 0 Å².